The lowest BCUT2D eigenvalue weighted by Crippen LogP contribution is -2.44. The number of nitrogens with zero attached hydrogens (tertiary/aromatic N) is 1. The third kappa shape index (κ3) is 3.18. The molecule has 1 aromatic carbocycles. The molecule has 2 unspecified atom stereocenters. The van der Waals surface area contributed by atoms with Gasteiger partial charge in [0, 0.05) is 6.04 Å². The Morgan fingerprint density at radius 1 is 1.11 bits per heavy atom. The van der Waals surface area contributed by atoms with E-state index in [1.807, 2.05) is 0 Å². The van der Waals surface area contributed by atoms with Crippen LogP contribution in [0.5, 0.6) is 0 Å². The molecule has 0 spiro atoms. The number of aryl methyl sites for hydroxylation is 3. The van der Waals surface area contributed by atoms with Gasteiger partial charge in [0.2, 0.25) is 0 Å². The summed E-state index contributed by atoms with van der Waals surface area (Å²) >= 11 is 0. The molecule has 19 heavy (non-hydrogen) atoms. The fraction of sp³-hybridized carbons (Fsp3) is 0.647. The highest BCUT2D eigenvalue weighted by atomic mass is 15.1. The zero-order valence-corrected chi connectivity index (χ0v) is 13.1. The summed E-state index contributed by atoms with van der Waals surface area (Å²) < 4.78 is 0. The zero-order chi connectivity index (χ0) is 14.0. The summed E-state index contributed by atoms with van der Waals surface area (Å²) in [6.07, 6.45) is 3.96. The van der Waals surface area contributed by atoms with E-state index in [4.69, 9.17) is 0 Å². The van der Waals surface area contributed by atoms with Gasteiger partial charge in [0.05, 0.1) is 6.04 Å². The van der Waals surface area contributed by atoms with Crippen LogP contribution in [0, 0.1) is 20.8 Å². The van der Waals surface area contributed by atoms with Crippen LogP contribution in [0.1, 0.15) is 47.6 Å². The highest BCUT2D eigenvalue weighted by molar-refractivity contribution is 5.40. The molecule has 0 aliphatic carbocycles. The van der Waals surface area contributed by atoms with Gasteiger partial charge in [-0.05, 0) is 70.9 Å². The molecule has 2 nitrogen and oxygen atoms in total. The molecule has 0 bridgehead atoms. The second kappa shape index (κ2) is 6.06. The number of benzene rings is 1. The first kappa shape index (κ1) is 14.5. The van der Waals surface area contributed by atoms with Crippen LogP contribution in [0.2, 0.25) is 0 Å². The van der Waals surface area contributed by atoms with Gasteiger partial charge in [-0.15, -0.1) is 0 Å². The van der Waals surface area contributed by atoms with Gasteiger partial charge in [-0.1, -0.05) is 24.1 Å². The van der Waals surface area contributed by atoms with Crippen molar-refractivity contribution in [2.75, 3.05) is 20.6 Å². The van der Waals surface area contributed by atoms with E-state index in [1.54, 1.807) is 0 Å². The van der Waals surface area contributed by atoms with Crippen molar-refractivity contribution in [1.82, 2.24) is 10.2 Å². The summed E-state index contributed by atoms with van der Waals surface area (Å²) in [6.45, 7) is 7.87. The summed E-state index contributed by atoms with van der Waals surface area (Å²) in [7, 11) is 4.42. The molecule has 0 radical (unpaired) electrons. The van der Waals surface area contributed by atoms with E-state index in [0.29, 0.717) is 12.1 Å². The standard InChI is InChI=1S/C17H28N2/c1-12-10-13(2)16(14(3)11-12)17(19(4)5)15-8-6-7-9-18-15/h10-11,15,17-18H,6-9H2,1-5H3. The van der Waals surface area contributed by atoms with Gasteiger partial charge in [-0.3, -0.25) is 0 Å². The molecule has 0 amide bonds. The van der Waals surface area contributed by atoms with Crippen molar-refractivity contribution in [3.8, 4) is 0 Å². The van der Waals surface area contributed by atoms with Crippen LogP contribution >= 0.6 is 0 Å². The van der Waals surface area contributed by atoms with Gasteiger partial charge in [-0.2, -0.15) is 0 Å². The fourth-order valence-electron chi connectivity index (χ4n) is 3.63. The Labute approximate surface area is 118 Å². The first-order valence-electron chi connectivity index (χ1n) is 7.48. The Bertz CT molecular complexity index is 408. The molecule has 1 fully saturated rings. The van der Waals surface area contributed by atoms with Gasteiger partial charge in [0.25, 0.3) is 0 Å². The van der Waals surface area contributed by atoms with Crippen molar-refractivity contribution in [2.24, 2.45) is 0 Å². The van der Waals surface area contributed by atoms with Gasteiger partial charge in [0.1, 0.15) is 0 Å². The Morgan fingerprint density at radius 3 is 2.21 bits per heavy atom. The third-order valence-electron chi connectivity index (χ3n) is 4.32. The van der Waals surface area contributed by atoms with E-state index in [-0.39, 0.29) is 0 Å². The topological polar surface area (TPSA) is 15.3 Å². The quantitative estimate of drug-likeness (QED) is 0.896. The molecule has 2 atom stereocenters. The number of piperidine rings is 1. The third-order valence-corrected chi connectivity index (χ3v) is 4.32. The molecule has 1 aliphatic heterocycles. The lowest BCUT2D eigenvalue weighted by molar-refractivity contribution is 0.204. The van der Waals surface area contributed by atoms with Crippen LogP contribution in [-0.2, 0) is 0 Å². The van der Waals surface area contributed by atoms with Crippen molar-refractivity contribution in [1.29, 1.82) is 0 Å². The Morgan fingerprint density at radius 2 is 1.74 bits per heavy atom. The van der Waals surface area contributed by atoms with Gasteiger partial charge >= 0.3 is 0 Å². The molecule has 1 heterocycles. The maximum absolute atomic E-state index is 3.73. The van der Waals surface area contributed by atoms with Gasteiger partial charge in [0.15, 0.2) is 0 Å². The summed E-state index contributed by atoms with van der Waals surface area (Å²) in [4.78, 5) is 2.38. The van der Waals surface area contributed by atoms with Crippen molar-refractivity contribution >= 4 is 0 Å². The van der Waals surface area contributed by atoms with E-state index in [9.17, 15) is 0 Å². The maximum atomic E-state index is 3.73. The first-order chi connectivity index (χ1) is 9.00. The lowest BCUT2D eigenvalue weighted by Gasteiger charge is -2.37. The van der Waals surface area contributed by atoms with Crippen molar-refractivity contribution in [2.45, 2.75) is 52.1 Å². The monoisotopic (exact) mass is 260 g/mol. The van der Waals surface area contributed by atoms with Crippen LogP contribution < -0.4 is 5.32 Å². The van der Waals surface area contributed by atoms with Gasteiger partial charge < -0.3 is 10.2 Å². The molecule has 2 heteroatoms. The highest BCUT2D eigenvalue weighted by Crippen LogP contribution is 2.32. The molecule has 106 valence electrons. The lowest BCUT2D eigenvalue weighted by atomic mass is 9.86. The molecule has 0 aromatic heterocycles. The van der Waals surface area contributed by atoms with E-state index in [2.05, 4.69) is 57.2 Å². The second-order valence-corrected chi connectivity index (χ2v) is 6.28. The number of rotatable bonds is 3. The van der Waals surface area contributed by atoms with E-state index in [1.165, 1.54) is 48.1 Å². The highest BCUT2D eigenvalue weighted by Gasteiger charge is 2.28. The summed E-state index contributed by atoms with van der Waals surface area (Å²) in [6, 6.07) is 5.72. The van der Waals surface area contributed by atoms with Crippen LogP contribution in [0.15, 0.2) is 12.1 Å². The average molecular weight is 260 g/mol. The number of nitrogens with one attached hydrogen (secondary N) is 1. The molecular formula is C17H28N2. The Kier molecular flexibility index (Phi) is 4.64. The number of hydrogen-bond donors (Lipinski definition) is 1. The minimum Gasteiger partial charge on any atom is -0.312 e. The maximum Gasteiger partial charge on any atom is 0.0501 e. The molecule has 0 saturated carbocycles. The number of hydrogen-bond acceptors (Lipinski definition) is 2. The fourth-order valence-corrected chi connectivity index (χ4v) is 3.63. The summed E-state index contributed by atoms with van der Waals surface area (Å²) in [5.74, 6) is 0. The van der Waals surface area contributed by atoms with Crippen LogP contribution in [0.4, 0.5) is 0 Å². The van der Waals surface area contributed by atoms with E-state index < -0.39 is 0 Å². The first-order valence-corrected chi connectivity index (χ1v) is 7.48. The average Bonchev–Trinajstić information content (AvgIpc) is 2.34. The van der Waals surface area contributed by atoms with Crippen LogP contribution in [0.25, 0.3) is 0 Å². The molecule has 1 aromatic rings. The Balaban J connectivity index is 2.38. The SMILES string of the molecule is Cc1cc(C)c(C(C2CCCCN2)N(C)C)c(C)c1. The molecule has 1 N–H and O–H groups in total. The summed E-state index contributed by atoms with van der Waals surface area (Å²) in [5, 5.41) is 3.73. The van der Waals surface area contributed by atoms with Crippen molar-refractivity contribution in [3.05, 3.63) is 34.4 Å². The number of likely N-dealkylation sites (N-methyl/N-ethyl adjacent to an activating group) is 1. The van der Waals surface area contributed by atoms with E-state index >= 15 is 0 Å². The molecular weight excluding hydrogens is 232 g/mol. The molecule has 2 rings (SSSR count). The summed E-state index contributed by atoms with van der Waals surface area (Å²) in [5.41, 5.74) is 5.76. The minimum atomic E-state index is 0.487. The minimum absolute atomic E-state index is 0.487. The zero-order valence-electron chi connectivity index (χ0n) is 13.1. The van der Waals surface area contributed by atoms with Crippen molar-refractivity contribution < 1.29 is 0 Å². The predicted molar refractivity (Wildman–Crippen MR) is 82.7 cm³/mol. The smallest absolute Gasteiger partial charge is 0.0501 e. The van der Waals surface area contributed by atoms with Crippen LogP contribution in [-0.4, -0.2) is 31.6 Å². The predicted octanol–water partition coefficient (Wildman–Crippen LogP) is 3.36. The largest absolute Gasteiger partial charge is 0.312 e. The van der Waals surface area contributed by atoms with E-state index in [0.717, 1.165) is 0 Å². The molecule has 1 saturated heterocycles. The van der Waals surface area contributed by atoms with Crippen molar-refractivity contribution in [3.63, 3.8) is 0 Å². The van der Waals surface area contributed by atoms with Gasteiger partial charge in [-0.25, -0.2) is 0 Å². The second-order valence-electron chi connectivity index (χ2n) is 6.28. The van der Waals surface area contributed by atoms with Crippen LogP contribution in [0.3, 0.4) is 0 Å². The Hall–Kier alpha value is -0.860. The normalized spacial score (nSPS) is 21.7. The molecule has 1 aliphatic rings.